The number of anilines is 2. The first-order chi connectivity index (χ1) is 21.0. The van der Waals surface area contributed by atoms with Crippen molar-refractivity contribution in [2.24, 2.45) is 5.41 Å². The van der Waals surface area contributed by atoms with Crippen molar-refractivity contribution in [3.8, 4) is 11.8 Å². The number of pyridine rings is 1. The maximum Gasteiger partial charge on any atom is 0.263 e. The summed E-state index contributed by atoms with van der Waals surface area (Å²) in [5.74, 6) is 0. The fourth-order valence-electron chi connectivity index (χ4n) is 5.31. The number of alkyl halides is 2. The van der Waals surface area contributed by atoms with Crippen molar-refractivity contribution < 1.29 is 8.78 Å². The van der Waals surface area contributed by atoms with Gasteiger partial charge >= 0.3 is 0 Å². The average molecular weight is 617 g/mol. The number of nitrogens with zero attached hydrogens (tertiary/aromatic N) is 8. The number of hydrogen-bond acceptors (Lipinski definition) is 8. The van der Waals surface area contributed by atoms with E-state index in [0.717, 1.165) is 16.8 Å². The third-order valence-corrected chi connectivity index (χ3v) is 8.23. The first-order valence-electron chi connectivity index (χ1n) is 14.2. The van der Waals surface area contributed by atoms with Crippen LogP contribution in [-0.2, 0) is 5.54 Å². The zero-order chi connectivity index (χ0) is 31.2. The third kappa shape index (κ3) is 5.43. The molecule has 44 heavy (non-hydrogen) atoms. The standard InChI is InChI=1S/C31H31ClF2N10/c1-18-21(6-5-7-25(18)43-16-38-39-17-43)28(24-14-44(42-41-24)31(8-9-31)29(33)34)40-20-10-22-26(37-15-30(2,3)4)19(12-35)13-36-27(22)23(32)11-20/h5-7,10-11,13-14,16-17,28-29,40H,8-9,15H2,1-4H3,(H,36,37). The van der Waals surface area contributed by atoms with Crippen molar-refractivity contribution >= 4 is 33.9 Å². The number of nitriles is 1. The maximum atomic E-state index is 14.0. The van der Waals surface area contributed by atoms with E-state index in [-0.39, 0.29) is 5.41 Å². The van der Waals surface area contributed by atoms with Gasteiger partial charge < -0.3 is 10.6 Å². The molecule has 0 amide bonds. The normalized spacial score (nSPS) is 14.9. The van der Waals surface area contributed by atoms with E-state index in [1.807, 2.05) is 31.2 Å². The Morgan fingerprint density at radius 2 is 1.91 bits per heavy atom. The van der Waals surface area contributed by atoms with Gasteiger partial charge in [-0.05, 0) is 54.5 Å². The van der Waals surface area contributed by atoms with E-state index in [4.69, 9.17) is 11.6 Å². The molecule has 2 N–H and O–H groups in total. The summed E-state index contributed by atoms with van der Waals surface area (Å²) in [4.78, 5) is 4.47. The minimum atomic E-state index is -2.55. The zero-order valence-electron chi connectivity index (χ0n) is 24.7. The Kier molecular flexibility index (Phi) is 7.45. The van der Waals surface area contributed by atoms with E-state index in [1.54, 1.807) is 29.5 Å². The molecule has 10 nitrogen and oxygen atoms in total. The minimum absolute atomic E-state index is 0.0522. The summed E-state index contributed by atoms with van der Waals surface area (Å²) in [6, 6.07) is 11.1. The van der Waals surface area contributed by atoms with E-state index in [0.29, 0.717) is 57.9 Å². The lowest BCUT2D eigenvalue weighted by atomic mass is 9.96. The van der Waals surface area contributed by atoms with Crippen LogP contribution in [0.25, 0.3) is 16.6 Å². The third-order valence-electron chi connectivity index (χ3n) is 7.94. The molecule has 3 heterocycles. The SMILES string of the molecule is Cc1c(C(Nc2cc(Cl)c3ncc(C#N)c(NCC(C)(C)C)c3c2)c2cn(C3(C(F)F)CC3)nn2)cccc1-n1cnnc1. The summed E-state index contributed by atoms with van der Waals surface area (Å²) in [6.45, 7) is 8.88. The monoisotopic (exact) mass is 616 g/mol. The molecule has 0 bridgehead atoms. The van der Waals surface area contributed by atoms with Crippen LogP contribution in [0.2, 0.25) is 5.02 Å². The Hall–Kier alpha value is -4.63. The maximum absolute atomic E-state index is 14.0. The highest BCUT2D eigenvalue weighted by Crippen LogP contribution is 2.48. The van der Waals surface area contributed by atoms with Crippen molar-refractivity contribution in [1.82, 2.24) is 34.7 Å². The summed E-state index contributed by atoms with van der Waals surface area (Å²) in [6.07, 6.45) is 4.46. The van der Waals surface area contributed by atoms with Gasteiger partial charge in [-0.15, -0.1) is 15.3 Å². The Balaban J connectivity index is 1.48. The molecule has 226 valence electrons. The van der Waals surface area contributed by atoms with Crippen molar-refractivity contribution in [2.45, 2.75) is 58.5 Å². The molecule has 3 aromatic heterocycles. The quantitative estimate of drug-likeness (QED) is 0.189. The molecule has 0 radical (unpaired) electrons. The van der Waals surface area contributed by atoms with Gasteiger partial charge in [-0.1, -0.05) is 49.7 Å². The van der Waals surface area contributed by atoms with E-state index in [1.165, 1.54) is 10.9 Å². The Morgan fingerprint density at radius 3 is 2.57 bits per heavy atom. The summed E-state index contributed by atoms with van der Waals surface area (Å²) in [7, 11) is 0. The highest BCUT2D eigenvalue weighted by atomic mass is 35.5. The molecule has 6 rings (SSSR count). The first kappa shape index (κ1) is 29.4. The first-order valence-corrected chi connectivity index (χ1v) is 14.6. The molecule has 0 spiro atoms. The van der Waals surface area contributed by atoms with E-state index < -0.39 is 18.0 Å². The molecular formula is C31H31ClF2N10. The van der Waals surface area contributed by atoms with Gasteiger partial charge in [-0.3, -0.25) is 9.55 Å². The van der Waals surface area contributed by atoms with Gasteiger partial charge in [0.05, 0.1) is 39.7 Å². The van der Waals surface area contributed by atoms with E-state index in [9.17, 15) is 14.0 Å². The Labute approximate surface area is 258 Å². The van der Waals surface area contributed by atoms with Crippen LogP contribution in [0.4, 0.5) is 20.2 Å². The predicted molar refractivity (Wildman–Crippen MR) is 164 cm³/mol. The molecule has 1 atom stereocenters. The largest absolute Gasteiger partial charge is 0.383 e. The average Bonchev–Trinajstić information content (AvgIpc) is 3.36. The number of fused-ring (bicyclic) bond motifs is 1. The predicted octanol–water partition coefficient (Wildman–Crippen LogP) is 6.65. The minimum Gasteiger partial charge on any atom is -0.383 e. The molecule has 1 fully saturated rings. The van der Waals surface area contributed by atoms with Crippen LogP contribution >= 0.6 is 11.6 Å². The number of halogens is 3. The molecule has 1 aliphatic rings. The second-order valence-corrected chi connectivity index (χ2v) is 12.8. The summed E-state index contributed by atoms with van der Waals surface area (Å²) in [5, 5.41) is 34.3. The summed E-state index contributed by atoms with van der Waals surface area (Å²) < 4.78 is 31.1. The smallest absolute Gasteiger partial charge is 0.263 e. The number of nitrogens with one attached hydrogen (secondary N) is 2. The second kappa shape index (κ2) is 11.1. The lowest BCUT2D eigenvalue weighted by Gasteiger charge is -2.23. The lowest BCUT2D eigenvalue weighted by molar-refractivity contribution is 0.0593. The highest BCUT2D eigenvalue weighted by molar-refractivity contribution is 6.35. The summed E-state index contributed by atoms with van der Waals surface area (Å²) in [5.41, 5.74) is 3.90. The molecule has 0 aliphatic heterocycles. The highest BCUT2D eigenvalue weighted by Gasteiger charge is 2.54. The van der Waals surface area contributed by atoms with Crippen LogP contribution in [0.1, 0.15) is 62.0 Å². The summed E-state index contributed by atoms with van der Waals surface area (Å²) >= 11 is 6.78. The van der Waals surface area contributed by atoms with E-state index in [2.05, 4.69) is 63.0 Å². The molecular weight excluding hydrogens is 586 g/mol. The molecule has 1 saturated carbocycles. The van der Waals surface area contributed by atoms with Gasteiger partial charge in [0.15, 0.2) is 0 Å². The van der Waals surface area contributed by atoms with Crippen molar-refractivity contribution in [2.75, 3.05) is 17.2 Å². The number of aromatic nitrogens is 7. The number of rotatable bonds is 9. The molecule has 5 aromatic rings. The van der Waals surface area contributed by atoms with Gasteiger partial charge in [0.2, 0.25) is 0 Å². The second-order valence-electron chi connectivity index (χ2n) is 12.4. The molecule has 2 aromatic carbocycles. The van der Waals surface area contributed by atoms with Gasteiger partial charge in [0.1, 0.15) is 30.0 Å². The Morgan fingerprint density at radius 1 is 1.16 bits per heavy atom. The van der Waals surface area contributed by atoms with Gasteiger partial charge in [-0.25, -0.2) is 13.5 Å². The van der Waals surface area contributed by atoms with Gasteiger partial charge in [-0.2, -0.15) is 5.26 Å². The van der Waals surface area contributed by atoms with Gasteiger partial charge in [0.25, 0.3) is 6.43 Å². The number of benzene rings is 2. The van der Waals surface area contributed by atoms with Crippen molar-refractivity contribution in [1.29, 1.82) is 5.26 Å². The molecule has 1 aliphatic carbocycles. The lowest BCUT2D eigenvalue weighted by Crippen LogP contribution is -2.26. The zero-order valence-corrected chi connectivity index (χ0v) is 25.4. The fraction of sp³-hybridized carbons (Fsp3) is 0.355. The molecule has 1 unspecified atom stereocenters. The van der Waals surface area contributed by atoms with Crippen molar-refractivity contribution in [3.05, 3.63) is 82.8 Å². The Bertz CT molecular complexity index is 1870. The fourth-order valence-corrected chi connectivity index (χ4v) is 5.58. The van der Waals surface area contributed by atoms with Crippen LogP contribution < -0.4 is 10.6 Å². The van der Waals surface area contributed by atoms with Gasteiger partial charge in [0, 0.05) is 23.8 Å². The van der Waals surface area contributed by atoms with Crippen LogP contribution in [0, 0.1) is 23.7 Å². The number of hydrogen-bond donors (Lipinski definition) is 2. The molecule has 13 heteroatoms. The topological polar surface area (TPSA) is 122 Å². The van der Waals surface area contributed by atoms with Crippen LogP contribution in [0.5, 0.6) is 0 Å². The van der Waals surface area contributed by atoms with E-state index >= 15 is 0 Å². The van der Waals surface area contributed by atoms with Crippen LogP contribution in [0.15, 0.2) is 55.4 Å². The molecule has 0 saturated heterocycles. The van der Waals surface area contributed by atoms with Crippen LogP contribution in [-0.4, -0.2) is 47.7 Å². The van der Waals surface area contributed by atoms with Crippen LogP contribution in [0.3, 0.4) is 0 Å². The van der Waals surface area contributed by atoms with Crippen molar-refractivity contribution in [3.63, 3.8) is 0 Å².